The number of ether oxygens (including phenoxy) is 8. The van der Waals surface area contributed by atoms with Gasteiger partial charge in [0.15, 0.2) is 0 Å². The molecule has 0 aromatic heterocycles. The van der Waals surface area contributed by atoms with E-state index in [1.54, 1.807) is 0 Å². The smallest absolute Gasteiger partial charge is 0.433 e. The molecule has 0 spiro atoms. The van der Waals surface area contributed by atoms with E-state index in [4.69, 9.17) is 46.7 Å². The van der Waals surface area contributed by atoms with Gasteiger partial charge in [0, 0.05) is 49.2 Å². The molecular weight excluding hydrogens is 997 g/mol. The van der Waals surface area contributed by atoms with Gasteiger partial charge in [0.2, 0.25) is 0 Å². The number of nitrogens with one attached hydrogen (secondary N) is 4. The van der Waals surface area contributed by atoms with Crippen LogP contribution in [0.25, 0.3) is 0 Å². The Kier molecular flexibility index (Phi) is 30.0. The number of carbonyl (C=O) groups is 8. The van der Waals surface area contributed by atoms with Gasteiger partial charge >= 0.3 is 58.3 Å². The maximum absolute atomic E-state index is 12.5. The first-order valence-corrected chi connectivity index (χ1v) is 26.7. The van der Waals surface area contributed by atoms with Gasteiger partial charge in [-0.2, -0.15) is 0 Å². The van der Waals surface area contributed by atoms with Crippen molar-refractivity contribution in [2.45, 2.75) is 157 Å². The number of rotatable bonds is 34. The van der Waals surface area contributed by atoms with E-state index in [1.807, 2.05) is 0 Å². The molecular formula is C52H86N4O18Si. The van der Waals surface area contributed by atoms with Crippen molar-refractivity contribution in [2.24, 2.45) is 21.7 Å². The summed E-state index contributed by atoms with van der Waals surface area (Å²) in [6.07, 6.45) is 6.13. The van der Waals surface area contributed by atoms with Crippen LogP contribution in [-0.2, 0) is 65.9 Å². The summed E-state index contributed by atoms with van der Waals surface area (Å²) in [5.74, 6) is -1.82. The van der Waals surface area contributed by atoms with Crippen molar-refractivity contribution in [3.05, 3.63) is 24.3 Å². The first kappa shape index (κ1) is 65.7. The number of alkyl carbamates (subject to hydrolysis) is 4. The zero-order valence-electron chi connectivity index (χ0n) is 45.8. The Labute approximate surface area is 445 Å². The molecule has 426 valence electrons. The second kappa shape index (κ2) is 34.3. The lowest BCUT2D eigenvalue weighted by atomic mass is 9.62. The first-order valence-electron chi connectivity index (χ1n) is 25.9. The Morgan fingerprint density at radius 2 is 0.787 bits per heavy atom. The van der Waals surface area contributed by atoms with Crippen molar-refractivity contribution >= 4 is 58.3 Å². The normalized spacial score (nSPS) is 20.4. The van der Waals surface area contributed by atoms with Crippen LogP contribution in [0.1, 0.15) is 145 Å². The highest BCUT2D eigenvalue weighted by molar-refractivity contribution is 6.17. The van der Waals surface area contributed by atoms with Crippen LogP contribution in [0.15, 0.2) is 24.3 Å². The Hall–Kier alpha value is -5.42. The fraction of sp³-hybridized carbons (Fsp3) is 0.769. The van der Waals surface area contributed by atoms with E-state index >= 15 is 0 Å². The van der Waals surface area contributed by atoms with Gasteiger partial charge in [-0.15, -0.1) is 0 Å². The number of hydrogen-bond acceptors (Lipinski definition) is 18. The average molecular weight is 1080 g/mol. The summed E-state index contributed by atoms with van der Waals surface area (Å²) in [4.78, 5) is 97.0. The minimum absolute atomic E-state index is 0.0632. The second-order valence-electron chi connectivity index (χ2n) is 21.7. The van der Waals surface area contributed by atoms with Gasteiger partial charge in [-0.1, -0.05) is 54.7 Å². The third-order valence-electron chi connectivity index (χ3n) is 12.2. The van der Waals surface area contributed by atoms with Gasteiger partial charge in [0.1, 0.15) is 39.6 Å². The van der Waals surface area contributed by atoms with Gasteiger partial charge in [0.05, 0.1) is 26.4 Å². The molecule has 0 bridgehead atoms. The molecule has 2 rings (SSSR count). The molecule has 4 amide bonds. The molecule has 2 aliphatic carbocycles. The summed E-state index contributed by atoms with van der Waals surface area (Å²) in [7, 11) is -0.322. The molecule has 4 unspecified atom stereocenters. The van der Waals surface area contributed by atoms with Crippen LogP contribution in [0, 0.1) is 21.7 Å². The predicted octanol–water partition coefficient (Wildman–Crippen LogP) is 7.07. The zero-order chi connectivity index (χ0) is 55.9. The second-order valence-corrected chi connectivity index (χ2v) is 22.5. The maximum atomic E-state index is 12.5. The van der Waals surface area contributed by atoms with Crippen molar-refractivity contribution in [1.82, 2.24) is 21.3 Å². The Bertz CT molecular complexity index is 1750. The van der Waals surface area contributed by atoms with E-state index in [9.17, 15) is 38.4 Å². The largest absolute Gasteiger partial charge is 0.463 e. The Morgan fingerprint density at radius 3 is 1.16 bits per heavy atom. The Morgan fingerprint density at radius 1 is 0.440 bits per heavy atom. The molecule has 0 heterocycles. The molecule has 4 atom stereocenters. The highest BCUT2D eigenvalue weighted by Crippen LogP contribution is 2.47. The van der Waals surface area contributed by atoms with Crippen LogP contribution in [-0.4, -0.2) is 149 Å². The third kappa shape index (κ3) is 31.3. The lowest BCUT2D eigenvalue weighted by molar-refractivity contribution is -0.145. The summed E-state index contributed by atoms with van der Waals surface area (Å²) in [5.41, 5.74) is -0.307. The van der Waals surface area contributed by atoms with Crippen molar-refractivity contribution < 1.29 is 85.1 Å². The van der Waals surface area contributed by atoms with Crippen molar-refractivity contribution in [2.75, 3.05) is 79.2 Å². The summed E-state index contributed by atoms with van der Waals surface area (Å²) in [6.45, 7) is 23.9. The molecule has 22 nitrogen and oxygen atoms in total. The molecule has 0 saturated heterocycles. The van der Waals surface area contributed by atoms with E-state index in [1.165, 1.54) is 13.8 Å². The molecule has 0 aromatic carbocycles. The summed E-state index contributed by atoms with van der Waals surface area (Å²) < 4.78 is 52.0. The molecule has 2 aliphatic rings. The molecule has 75 heavy (non-hydrogen) atoms. The number of carbonyl (C=O) groups excluding carboxylic acids is 8. The zero-order valence-corrected chi connectivity index (χ0v) is 46.8. The fourth-order valence-corrected chi connectivity index (χ4v) is 10.1. The van der Waals surface area contributed by atoms with E-state index in [0.29, 0.717) is 64.5 Å². The van der Waals surface area contributed by atoms with Gasteiger partial charge in [-0.05, 0) is 113 Å². The molecule has 4 N–H and O–H groups in total. The molecule has 0 aliphatic heterocycles. The van der Waals surface area contributed by atoms with E-state index in [-0.39, 0.29) is 146 Å². The number of unbranched alkanes of at least 4 members (excludes halogenated alkanes) is 4. The van der Waals surface area contributed by atoms with Gasteiger partial charge in [-0.25, -0.2) is 28.8 Å². The first-order chi connectivity index (χ1) is 35.3. The SMILES string of the molecule is C=C(C)C(=O)OCCOC(=O)NC1CC(C)(C)CC(C)(CNC(=O)OCCCCCC(=O)OCCO[Si]OCCOC(=O)CCCCCOC(=O)NCC2(C)CC(NC(=O)OCCOC(=O)C(=C)C)CC(C)(C)C2)C1. The fourth-order valence-electron chi connectivity index (χ4n) is 9.70. The predicted molar refractivity (Wildman–Crippen MR) is 275 cm³/mol. The average Bonchev–Trinajstić information content (AvgIpc) is 3.30. The molecule has 2 saturated carbocycles. The Balaban J connectivity index is 1.42. The van der Waals surface area contributed by atoms with Gasteiger partial charge in [-0.3, -0.25) is 9.59 Å². The highest BCUT2D eigenvalue weighted by atomic mass is 28.3. The highest BCUT2D eigenvalue weighted by Gasteiger charge is 2.43. The van der Waals surface area contributed by atoms with Crippen LogP contribution < -0.4 is 21.3 Å². The molecule has 23 heteroatoms. The van der Waals surface area contributed by atoms with E-state index < -0.39 is 36.3 Å². The lowest BCUT2D eigenvalue weighted by Crippen LogP contribution is -2.50. The van der Waals surface area contributed by atoms with Gasteiger partial charge < -0.3 is 68.0 Å². The monoisotopic (exact) mass is 1080 g/mol. The minimum atomic E-state index is -0.600. The van der Waals surface area contributed by atoms with Crippen molar-refractivity contribution in [1.29, 1.82) is 0 Å². The summed E-state index contributed by atoms with van der Waals surface area (Å²) in [5, 5.41) is 11.5. The van der Waals surface area contributed by atoms with Crippen LogP contribution in [0.2, 0.25) is 0 Å². The topological polar surface area (TPSA) is 277 Å². The molecule has 2 radical (unpaired) electrons. The maximum Gasteiger partial charge on any atom is 0.433 e. The van der Waals surface area contributed by atoms with Crippen LogP contribution >= 0.6 is 0 Å². The lowest BCUT2D eigenvalue weighted by Gasteiger charge is -2.46. The summed E-state index contributed by atoms with van der Waals surface area (Å²) in [6, 6.07) is -0.354. The van der Waals surface area contributed by atoms with Crippen LogP contribution in [0.3, 0.4) is 0 Å². The summed E-state index contributed by atoms with van der Waals surface area (Å²) >= 11 is 0. The number of hydrogen-bond donors (Lipinski definition) is 4. The van der Waals surface area contributed by atoms with Crippen molar-refractivity contribution in [3.8, 4) is 0 Å². The van der Waals surface area contributed by atoms with E-state index in [2.05, 4.69) is 76.0 Å². The van der Waals surface area contributed by atoms with Crippen LogP contribution in [0.4, 0.5) is 19.2 Å². The minimum Gasteiger partial charge on any atom is -0.463 e. The number of amides is 4. The van der Waals surface area contributed by atoms with Crippen molar-refractivity contribution in [3.63, 3.8) is 0 Å². The quantitative estimate of drug-likeness (QED) is 0.0165. The molecule has 0 aromatic rings. The van der Waals surface area contributed by atoms with E-state index in [0.717, 1.165) is 25.7 Å². The van der Waals surface area contributed by atoms with Crippen LogP contribution in [0.5, 0.6) is 0 Å². The molecule has 2 fully saturated rings. The number of esters is 4. The van der Waals surface area contributed by atoms with Gasteiger partial charge in [0.25, 0.3) is 0 Å². The third-order valence-corrected chi connectivity index (χ3v) is 12.8. The standard InChI is InChI=1S/C52H86N4O18Si/c1-37(2)43(59)67-21-23-71-47(63)55-39-29-49(5,6)33-51(9,31-39)35-53-45(61)69-19-15-11-13-17-41(57)65-25-27-73-75-74-28-26-66-42(58)18-14-12-16-20-70-46(62)54-36-52(10)32-40(30-50(7,8)34-52)56-48(64)72-24-22-68-44(60)38(3)4/h39-40H,1,3,11-36H2,2,4-10H3,(H,53,61)(H,54,62)(H,55,63)(H,56,64).